The van der Waals surface area contributed by atoms with E-state index in [0.29, 0.717) is 36.2 Å². The van der Waals surface area contributed by atoms with Crippen molar-refractivity contribution < 1.29 is 23.5 Å². The molecule has 8 heteroatoms. The first-order valence-corrected chi connectivity index (χ1v) is 11.0. The molecule has 2 heterocycles. The zero-order valence-corrected chi connectivity index (χ0v) is 17.9. The molecular formula is C25H22FN3O4. The van der Waals surface area contributed by atoms with Gasteiger partial charge in [0.05, 0.1) is 5.69 Å². The van der Waals surface area contributed by atoms with Gasteiger partial charge in [0.25, 0.3) is 0 Å². The Morgan fingerprint density at radius 3 is 2.64 bits per heavy atom. The molecule has 168 valence electrons. The fraction of sp³-hybridized carbons (Fsp3) is 0.280. The van der Waals surface area contributed by atoms with E-state index in [2.05, 4.69) is 10.4 Å². The molecule has 1 aromatic heterocycles. The molecule has 0 bridgehead atoms. The van der Waals surface area contributed by atoms with Gasteiger partial charge in [-0.25, -0.2) is 13.9 Å². The number of amides is 1. The summed E-state index contributed by atoms with van der Waals surface area (Å²) in [4.78, 5) is 37.0. The van der Waals surface area contributed by atoms with Crippen molar-refractivity contribution in [1.82, 2.24) is 9.78 Å². The number of ether oxygens (including phenoxy) is 1. The van der Waals surface area contributed by atoms with E-state index in [1.54, 1.807) is 35.0 Å². The second-order valence-electron chi connectivity index (χ2n) is 8.29. The van der Waals surface area contributed by atoms with Gasteiger partial charge in [-0.3, -0.25) is 9.59 Å². The van der Waals surface area contributed by atoms with Crippen molar-refractivity contribution in [2.24, 2.45) is 0 Å². The van der Waals surface area contributed by atoms with Crippen molar-refractivity contribution in [2.45, 2.75) is 38.5 Å². The van der Waals surface area contributed by atoms with Crippen LogP contribution in [0.5, 0.6) is 0 Å². The quantitative estimate of drug-likeness (QED) is 0.474. The van der Waals surface area contributed by atoms with Gasteiger partial charge in [-0.15, -0.1) is 0 Å². The summed E-state index contributed by atoms with van der Waals surface area (Å²) in [6.45, 7) is -0.401. The summed E-state index contributed by atoms with van der Waals surface area (Å²) in [7, 11) is 0. The Kier molecular flexibility index (Phi) is 5.50. The van der Waals surface area contributed by atoms with Crippen molar-refractivity contribution in [2.75, 3.05) is 11.9 Å². The van der Waals surface area contributed by atoms with E-state index in [1.165, 1.54) is 12.1 Å². The van der Waals surface area contributed by atoms with Crippen LogP contribution in [-0.2, 0) is 28.8 Å². The number of nitrogens with one attached hydrogen (secondary N) is 1. The molecule has 33 heavy (non-hydrogen) atoms. The largest absolute Gasteiger partial charge is 0.453 e. The summed E-state index contributed by atoms with van der Waals surface area (Å²) in [6.07, 6.45) is 4.32. The first kappa shape index (κ1) is 21.1. The number of hydrogen-bond donors (Lipinski definition) is 1. The molecule has 3 aromatic rings. The van der Waals surface area contributed by atoms with Crippen LogP contribution in [0.2, 0.25) is 0 Å². The number of hydrogen-bond acceptors (Lipinski definition) is 5. The number of esters is 1. The van der Waals surface area contributed by atoms with Crippen LogP contribution in [0.1, 0.15) is 56.9 Å². The molecule has 1 N–H and O–H groups in total. The van der Waals surface area contributed by atoms with Crippen LogP contribution in [-0.4, -0.2) is 34.0 Å². The molecule has 1 aliphatic carbocycles. The zero-order chi connectivity index (χ0) is 22.9. The van der Waals surface area contributed by atoms with Gasteiger partial charge >= 0.3 is 5.97 Å². The van der Waals surface area contributed by atoms with E-state index < -0.39 is 12.6 Å². The van der Waals surface area contributed by atoms with Gasteiger partial charge in [0.1, 0.15) is 5.82 Å². The first-order chi connectivity index (χ1) is 16.0. The Morgan fingerprint density at radius 2 is 1.82 bits per heavy atom. The van der Waals surface area contributed by atoms with Crippen molar-refractivity contribution in [1.29, 1.82) is 0 Å². The fourth-order valence-corrected chi connectivity index (χ4v) is 4.40. The maximum absolute atomic E-state index is 13.3. The van der Waals surface area contributed by atoms with E-state index in [1.807, 2.05) is 0 Å². The molecule has 5 rings (SSSR count). The lowest BCUT2D eigenvalue weighted by Gasteiger charge is -2.17. The number of fused-ring (bicyclic) bond motifs is 2. The maximum atomic E-state index is 13.3. The second kappa shape index (κ2) is 8.61. The van der Waals surface area contributed by atoms with Gasteiger partial charge in [-0.05, 0) is 80.1 Å². The topological polar surface area (TPSA) is 90.3 Å². The van der Waals surface area contributed by atoms with Gasteiger partial charge in [0.2, 0.25) is 5.91 Å². The number of aromatic nitrogens is 2. The molecule has 0 fully saturated rings. The van der Waals surface area contributed by atoms with E-state index in [0.717, 1.165) is 36.1 Å². The highest BCUT2D eigenvalue weighted by atomic mass is 19.1. The average Bonchev–Trinajstić information content (AvgIpc) is 3.22. The van der Waals surface area contributed by atoms with Crippen LogP contribution in [0.15, 0.2) is 42.5 Å². The third-order valence-electron chi connectivity index (χ3n) is 6.10. The van der Waals surface area contributed by atoms with E-state index in [-0.39, 0.29) is 23.2 Å². The minimum atomic E-state index is -0.646. The monoisotopic (exact) mass is 447 g/mol. The lowest BCUT2D eigenvalue weighted by molar-refractivity contribution is -0.116. The van der Waals surface area contributed by atoms with Crippen molar-refractivity contribution in [3.8, 4) is 5.69 Å². The molecule has 7 nitrogen and oxygen atoms in total. The Bertz CT molecular complexity index is 1260. The molecule has 0 saturated carbocycles. The molecule has 0 radical (unpaired) electrons. The summed E-state index contributed by atoms with van der Waals surface area (Å²) in [5.74, 6) is -1.36. The van der Waals surface area contributed by atoms with Crippen molar-refractivity contribution in [3.05, 3.63) is 76.4 Å². The number of rotatable bonds is 5. The third-order valence-corrected chi connectivity index (χ3v) is 6.10. The Labute approximate surface area is 189 Å². The molecule has 1 amide bonds. The van der Waals surface area contributed by atoms with E-state index >= 15 is 0 Å². The van der Waals surface area contributed by atoms with Crippen molar-refractivity contribution in [3.63, 3.8) is 0 Å². The number of Topliss-reactive ketones (excluding diaryl/α,β-unsaturated/α-hetero) is 1. The SMILES string of the molecule is O=C1CCc2cc(C(=O)COC(=O)c3nn(-c4ccc(F)cc4)c4c3CCCC4)ccc2N1. The lowest BCUT2D eigenvalue weighted by Crippen LogP contribution is -2.20. The Morgan fingerprint density at radius 1 is 1.03 bits per heavy atom. The number of halogens is 1. The number of benzene rings is 2. The Hall–Kier alpha value is -3.81. The van der Waals surface area contributed by atoms with E-state index in [9.17, 15) is 18.8 Å². The first-order valence-electron chi connectivity index (χ1n) is 11.0. The third kappa shape index (κ3) is 4.16. The number of carbonyl (C=O) groups excluding carboxylic acids is 3. The minimum Gasteiger partial charge on any atom is -0.453 e. The molecule has 0 atom stereocenters. The highest BCUT2D eigenvalue weighted by Gasteiger charge is 2.27. The van der Waals surface area contributed by atoms with Crippen LogP contribution >= 0.6 is 0 Å². The molecule has 0 unspecified atom stereocenters. The lowest BCUT2D eigenvalue weighted by atomic mass is 9.95. The van der Waals surface area contributed by atoms with Crippen molar-refractivity contribution >= 4 is 23.3 Å². The molecule has 0 spiro atoms. The summed E-state index contributed by atoms with van der Waals surface area (Å²) in [5.41, 5.74) is 4.64. The number of ketones is 1. The van der Waals surface area contributed by atoms with Crippen LogP contribution < -0.4 is 5.32 Å². The van der Waals surface area contributed by atoms with Gasteiger partial charge in [0.15, 0.2) is 18.1 Å². The normalized spacial score (nSPS) is 14.8. The highest BCUT2D eigenvalue weighted by Crippen LogP contribution is 2.28. The van der Waals surface area contributed by atoms with Crippen LogP contribution in [0.25, 0.3) is 5.69 Å². The van der Waals surface area contributed by atoms with Gasteiger partial charge in [-0.1, -0.05) is 0 Å². The summed E-state index contributed by atoms with van der Waals surface area (Å²) >= 11 is 0. The van der Waals surface area contributed by atoms with Gasteiger partial charge in [0, 0.05) is 28.9 Å². The highest BCUT2D eigenvalue weighted by molar-refractivity contribution is 6.01. The average molecular weight is 447 g/mol. The number of aryl methyl sites for hydroxylation is 1. The Balaban J connectivity index is 1.33. The molecule has 2 aliphatic rings. The smallest absolute Gasteiger partial charge is 0.359 e. The predicted molar refractivity (Wildman–Crippen MR) is 118 cm³/mol. The predicted octanol–water partition coefficient (Wildman–Crippen LogP) is 3.81. The summed E-state index contributed by atoms with van der Waals surface area (Å²) in [5, 5.41) is 7.25. The standard InChI is InChI=1S/C25H22FN3O4/c26-17-7-9-18(10-8-17)29-21-4-2-1-3-19(21)24(28-29)25(32)33-14-22(30)16-5-11-20-15(13-16)6-12-23(31)27-20/h5,7-11,13H,1-4,6,12,14H2,(H,27,31). The number of carbonyl (C=O) groups is 3. The second-order valence-corrected chi connectivity index (χ2v) is 8.29. The summed E-state index contributed by atoms with van der Waals surface area (Å²) in [6, 6.07) is 11.0. The molecular weight excluding hydrogens is 425 g/mol. The van der Waals surface area contributed by atoms with Gasteiger partial charge in [-0.2, -0.15) is 5.10 Å². The van der Waals surface area contributed by atoms with E-state index in [4.69, 9.17) is 4.74 Å². The maximum Gasteiger partial charge on any atom is 0.359 e. The number of nitrogens with zero attached hydrogens (tertiary/aromatic N) is 2. The fourth-order valence-electron chi connectivity index (χ4n) is 4.40. The summed E-state index contributed by atoms with van der Waals surface area (Å²) < 4.78 is 20.4. The van der Waals surface area contributed by atoms with Crippen LogP contribution in [0.3, 0.4) is 0 Å². The minimum absolute atomic E-state index is 0.0427. The molecule has 1 aliphatic heterocycles. The van der Waals surface area contributed by atoms with Gasteiger partial charge < -0.3 is 10.1 Å². The molecule has 2 aromatic carbocycles. The van der Waals surface area contributed by atoms with Crippen LogP contribution in [0, 0.1) is 5.82 Å². The zero-order valence-electron chi connectivity index (χ0n) is 17.9. The molecule has 0 saturated heterocycles. The van der Waals surface area contributed by atoms with Crippen LogP contribution in [0.4, 0.5) is 10.1 Å². The number of anilines is 1.